The minimum Gasteiger partial charge on any atom is -0.383 e. The maximum atomic E-state index is 10.3. The summed E-state index contributed by atoms with van der Waals surface area (Å²) in [6, 6.07) is 7.29. The molecule has 1 N–H and O–H groups in total. The predicted octanol–water partition coefficient (Wildman–Crippen LogP) is 4.75. The molecule has 0 bridgehead atoms. The number of aliphatic hydroxyl groups is 1. The highest BCUT2D eigenvalue weighted by atomic mass is 35.5. The van der Waals surface area contributed by atoms with Crippen LogP contribution < -0.4 is 0 Å². The second kappa shape index (κ2) is 4.99. The van der Waals surface area contributed by atoms with Gasteiger partial charge < -0.3 is 5.11 Å². The van der Waals surface area contributed by atoms with Gasteiger partial charge in [0.25, 0.3) is 0 Å². The quantitative estimate of drug-likeness (QED) is 0.844. The van der Waals surface area contributed by atoms with Gasteiger partial charge in [-0.3, -0.25) is 0 Å². The third kappa shape index (κ3) is 2.50. The zero-order valence-corrected chi connectivity index (χ0v) is 11.8. The summed E-state index contributed by atoms with van der Waals surface area (Å²) in [6.07, 6.45) is -0.710. The molecule has 0 fully saturated rings. The number of halogens is 2. The topological polar surface area (TPSA) is 20.2 Å². The molecule has 0 aliphatic heterocycles. The molecule has 1 unspecified atom stereocenters. The second-order valence-corrected chi connectivity index (χ2v) is 6.01. The standard InChI is InChI=1S/C13H12Cl2OS/c1-7-6-11(17-8(7)2)13(16)9-4-3-5-10(14)12(9)15/h3-6,13,16H,1-2H3. The van der Waals surface area contributed by atoms with Crippen molar-refractivity contribution in [2.45, 2.75) is 20.0 Å². The lowest BCUT2D eigenvalue weighted by atomic mass is 10.1. The molecule has 2 rings (SSSR count). The van der Waals surface area contributed by atoms with Gasteiger partial charge in [-0.25, -0.2) is 0 Å². The summed E-state index contributed by atoms with van der Waals surface area (Å²) in [6.45, 7) is 4.07. The molecule has 1 heterocycles. The van der Waals surface area contributed by atoms with E-state index in [1.54, 1.807) is 29.5 Å². The summed E-state index contributed by atoms with van der Waals surface area (Å²) >= 11 is 13.6. The summed E-state index contributed by atoms with van der Waals surface area (Å²) in [7, 11) is 0. The Morgan fingerprint density at radius 3 is 2.53 bits per heavy atom. The molecular weight excluding hydrogens is 275 g/mol. The highest BCUT2D eigenvalue weighted by Crippen LogP contribution is 2.36. The second-order valence-electron chi connectivity index (χ2n) is 3.93. The monoisotopic (exact) mass is 286 g/mol. The fourth-order valence-electron chi connectivity index (χ4n) is 1.62. The first kappa shape index (κ1) is 12.9. The van der Waals surface area contributed by atoms with E-state index in [1.165, 1.54) is 10.4 Å². The van der Waals surface area contributed by atoms with Crippen LogP contribution in [0.4, 0.5) is 0 Å². The van der Waals surface area contributed by atoms with Gasteiger partial charge in [-0.2, -0.15) is 0 Å². The first-order chi connectivity index (χ1) is 8.00. The average Bonchev–Trinajstić information content (AvgIpc) is 2.62. The Kier molecular flexibility index (Phi) is 3.79. The average molecular weight is 287 g/mol. The third-order valence-electron chi connectivity index (χ3n) is 2.73. The highest BCUT2D eigenvalue weighted by molar-refractivity contribution is 7.12. The molecule has 1 aromatic heterocycles. The number of benzene rings is 1. The largest absolute Gasteiger partial charge is 0.383 e. The van der Waals surface area contributed by atoms with Gasteiger partial charge in [-0.05, 0) is 31.5 Å². The molecule has 2 aromatic rings. The SMILES string of the molecule is Cc1cc(C(O)c2cccc(Cl)c2Cl)sc1C. The summed E-state index contributed by atoms with van der Waals surface area (Å²) in [5.41, 5.74) is 1.84. The van der Waals surface area contributed by atoms with Crippen molar-refractivity contribution in [3.8, 4) is 0 Å². The Balaban J connectivity index is 2.43. The fourth-order valence-corrected chi connectivity index (χ4v) is 3.08. The first-order valence-electron chi connectivity index (χ1n) is 5.19. The van der Waals surface area contributed by atoms with Crippen molar-refractivity contribution in [3.05, 3.63) is 55.2 Å². The van der Waals surface area contributed by atoms with Crippen LogP contribution in [0.1, 0.15) is 27.0 Å². The van der Waals surface area contributed by atoms with Crippen LogP contribution in [0.2, 0.25) is 10.0 Å². The Morgan fingerprint density at radius 1 is 1.24 bits per heavy atom. The van der Waals surface area contributed by atoms with Crippen molar-refractivity contribution >= 4 is 34.5 Å². The van der Waals surface area contributed by atoms with Crippen LogP contribution in [0, 0.1) is 13.8 Å². The van der Waals surface area contributed by atoms with Gasteiger partial charge in [-0.1, -0.05) is 35.3 Å². The van der Waals surface area contributed by atoms with Crippen LogP contribution in [-0.2, 0) is 0 Å². The van der Waals surface area contributed by atoms with E-state index in [-0.39, 0.29) is 0 Å². The van der Waals surface area contributed by atoms with Crippen LogP contribution in [0.15, 0.2) is 24.3 Å². The van der Waals surface area contributed by atoms with Crippen molar-refractivity contribution < 1.29 is 5.11 Å². The summed E-state index contributed by atoms with van der Waals surface area (Å²) in [5.74, 6) is 0. The Bertz CT molecular complexity index is 529. The molecule has 1 atom stereocenters. The van der Waals surface area contributed by atoms with E-state index in [4.69, 9.17) is 23.2 Å². The molecule has 4 heteroatoms. The number of aryl methyl sites for hydroxylation is 2. The summed E-state index contributed by atoms with van der Waals surface area (Å²) in [5, 5.41) is 11.2. The molecule has 0 saturated carbocycles. The zero-order valence-electron chi connectivity index (χ0n) is 9.50. The van der Waals surface area contributed by atoms with E-state index in [2.05, 4.69) is 0 Å². The van der Waals surface area contributed by atoms with Gasteiger partial charge in [0.05, 0.1) is 10.0 Å². The highest BCUT2D eigenvalue weighted by Gasteiger charge is 2.17. The Morgan fingerprint density at radius 2 is 1.94 bits per heavy atom. The number of aliphatic hydroxyl groups excluding tert-OH is 1. The van der Waals surface area contributed by atoms with Gasteiger partial charge in [0.15, 0.2) is 0 Å². The van der Waals surface area contributed by atoms with E-state index in [0.717, 1.165) is 4.88 Å². The zero-order chi connectivity index (χ0) is 12.6. The van der Waals surface area contributed by atoms with Crippen molar-refractivity contribution in [2.75, 3.05) is 0 Å². The molecule has 0 radical (unpaired) electrons. The number of hydrogen-bond acceptors (Lipinski definition) is 2. The fraction of sp³-hybridized carbons (Fsp3) is 0.231. The van der Waals surface area contributed by atoms with Gasteiger partial charge in [-0.15, -0.1) is 11.3 Å². The minimum absolute atomic E-state index is 0.422. The summed E-state index contributed by atoms with van der Waals surface area (Å²) in [4.78, 5) is 2.10. The van der Waals surface area contributed by atoms with E-state index >= 15 is 0 Å². The van der Waals surface area contributed by atoms with E-state index in [0.29, 0.717) is 15.6 Å². The lowest BCUT2D eigenvalue weighted by Gasteiger charge is -2.11. The van der Waals surface area contributed by atoms with Crippen LogP contribution in [0.3, 0.4) is 0 Å². The van der Waals surface area contributed by atoms with Crippen molar-refractivity contribution in [2.24, 2.45) is 0 Å². The van der Waals surface area contributed by atoms with Crippen molar-refractivity contribution in [1.29, 1.82) is 0 Å². The van der Waals surface area contributed by atoms with E-state index in [9.17, 15) is 5.11 Å². The summed E-state index contributed by atoms with van der Waals surface area (Å²) < 4.78 is 0. The molecule has 0 aliphatic carbocycles. The lowest BCUT2D eigenvalue weighted by Crippen LogP contribution is -1.98. The Labute approximate surface area is 115 Å². The van der Waals surface area contributed by atoms with Crippen molar-refractivity contribution in [1.82, 2.24) is 0 Å². The van der Waals surface area contributed by atoms with Crippen molar-refractivity contribution in [3.63, 3.8) is 0 Å². The van der Waals surface area contributed by atoms with Crippen LogP contribution in [-0.4, -0.2) is 5.11 Å². The minimum atomic E-state index is -0.710. The van der Waals surface area contributed by atoms with Crippen LogP contribution >= 0.6 is 34.5 Å². The molecule has 0 amide bonds. The lowest BCUT2D eigenvalue weighted by molar-refractivity contribution is 0.224. The molecule has 17 heavy (non-hydrogen) atoms. The molecule has 90 valence electrons. The van der Waals surface area contributed by atoms with Crippen LogP contribution in [0.5, 0.6) is 0 Å². The maximum Gasteiger partial charge on any atom is 0.115 e. The number of thiophene rings is 1. The maximum absolute atomic E-state index is 10.3. The first-order valence-corrected chi connectivity index (χ1v) is 6.77. The molecule has 1 nitrogen and oxygen atoms in total. The predicted molar refractivity (Wildman–Crippen MR) is 74.3 cm³/mol. The molecular formula is C13H12Cl2OS. The molecule has 0 saturated heterocycles. The number of rotatable bonds is 2. The van der Waals surface area contributed by atoms with Gasteiger partial charge in [0.1, 0.15) is 6.10 Å². The molecule has 0 spiro atoms. The van der Waals surface area contributed by atoms with Gasteiger partial charge >= 0.3 is 0 Å². The van der Waals surface area contributed by atoms with E-state index in [1.807, 2.05) is 19.9 Å². The van der Waals surface area contributed by atoms with Gasteiger partial charge in [0.2, 0.25) is 0 Å². The normalized spacial score (nSPS) is 12.8. The van der Waals surface area contributed by atoms with Gasteiger partial charge in [0, 0.05) is 15.3 Å². The van der Waals surface area contributed by atoms with Crippen LogP contribution in [0.25, 0.3) is 0 Å². The smallest absolute Gasteiger partial charge is 0.115 e. The Hall–Kier alpha value is -0.540. The number of hydrogen-bond donors (Lipinski definition) is 1. The molecule has 1 aromatic carbocycles. The van der Waals surface area contributed by atoms with E-state index < -0.39 is 6.10 Å². The third-order valence-corrected chi connectivity index (χ3v) is 4.77. The molecule has 0 aliphatic rings.